The van der Waals surface area contributed by atoms with Crippen molar-refractivity contribution in [3.8, 4) is 5.75 Å². The third-order valence-electron chi connectivity index (χ3n) is 3.45. The normalized spacial score (nSPS) is 20.8. The first-order valence-electron chi connectivity index (χ1n) is 6.36. The van der Waals surface area contributed by atoms with Gasteiger partial charge in [-0.1, -0.05) is 6.07 Å². The van der Waals surface area contributed by atoms with Gasteiger partial charge in [0.15, 0.2) is 0 Å². The molecule has 1 unspecified atom stereocenters. The molecule has 1 aliphatic rings. The Morgan fingerprint density at radius 3 is 3.17 bits per heavy atom. The fourth-order valence-corrected chi connectivity index (χ4v) is 2.56. The molecule has 2 N–H and O–H groups in total. The van der Waals surface area contributed by atoms with Crippen molar-refractivity contribution in [1.82, 2.24) is 10.3 Å². The van der Waals surface area contributed by atoms with Crippen molar-refractivity contribution in [2.75, 3.05) is 26.8 Å². The van der Waals surface area contributed by atoms with Gasteiger partial charge in [0.1, 0.15) is 5.75 Å². The number of benzene rings is 1. The smallest absolute Gasteiger partial charge is 0.128 e. The number of methoxy groups -OCH3 is 1. The first-order valence-corrected chi connectivity index (χ1v) is 6.36. The molecular formula is C14H18N2O2. The van der Waals surface area contributed by atoms with Crippen LogP contribution in [0, 0.1) is 0 Å². The third kappa shape index (κ3) is 1.98. The van der Waals surface area contributed by atoms with E-state index in [1.807, 2.05) is 18.3 Å². The van der Waals surface area contributed by atoms with E-state index in [4.69, 9.17) is 9.47 Å². The summed E-state index contributed by atoms with van der Waals surface area (Å²) in [5.41, 5.74) is 2.30. The summed E-state index contributed by atoms with van der Waals surface area (Å²) in [4.78, 5) is 3.30. The molecule has 0 amide bonds. The number of hydrogen-bond acceptors (Lipinski definition) is 3. The highest BCUT2D eigenvalue weighted by Gasteiger charge is 2.20. The Hall–Kier alpha value is -1.52. The maximum absolute atomic E-state index is 5.92. The van der Waals surface area contributed by atoms with Gasteiger partial charge in [-0.3, -0.25) is 0 Å². The summed E-state index contributed by atoms with van der Waals surface area (Å²) in [6.45, 7) is 2.68. The van der Waals surface area contributed by atoms with Crippen LogP contribution in [0.5, 0.6) is 5.75 Å². The van der Waals surface area contributed by atoms with E-state index >= 15 is 0 Å². The molecule has 0 aliphatic carbocycles. The van der Waals surface area contributed by atoms with Crippen LogP contribution in [0.15, 0.2) is 24.4 Å². The van der Waals surface area contributed by atoms with Gasteiger partial charge in [-0.25, -0.2) is 0 Å². The van der Waals surface area contributed by atoms with E-state index in [0.29, 0.717) is 0 Å². The molecule has 0 spiro atoms. The lowest BCUT2D eigenvalue weighted by Gasteiger charge is -2.14. The highest BCUT2D eigenvalue weighted by Crippen LogP contribution is 2.35. The largest absolute Gasteiger partial charge is 0.496 e. The number of fused-ring (bicyclic) bond motifs is 1. The number of rotatable bonds is 2. The summed E-state index contributed by atoms with van der Waals surface area (Å²) in [6, 6.07) is 6.06. The summed E-state index contributed by atoms with van der Waals surface area (Å²) in [5.74, 6) is 0.907. The molecular weight excluding hydrogens is 228 g/mol. The van der Waals surface area contributed by atoms with E-state index in [-0.39, 0.29) is 6.10 Å². The Morgan fingerprint density at radius 1 is 1.33 bits per heavy atom. The van der Waals surface area contributed by atoms with Crippen molar-refractivity contribution in [3.63, 3.8) is 0 Å². The van der Waals surface area contributed by atoms with Gasteiger partial charge in [0, 0.05) is 29.2 Å². The lowest BCUT2D eigenvalue weighted by molar-refractivity contribution is 0.0653. The van der Waals surface area contributed by atoms with Crippen molar-refractivity contribution in [3.05, 3.63) is 30.0 Å². The van der Waals surface area contributed by atoms with Gasteiger partial charge in [-0.05, 0) is 25.1 Å². The van der Waals surface area contributed by atoms with Gasteiger partial charge in [-0.2, -0.15) is 0 Å². The summed E-state index contributed by atoms with van der Waals surface area (Å²) in [6.07, 6.45) is 3.18. The Labute approximate surface area is 106 Å². The van der Waals surface area contributed by atoms with Gasteiger partial charge < -0.3 is 19.8 Å². The first-order chi connectivity index (χ1) is 8.90. The van der Waals surface area contributed by atoms with Crippen LogP contribution in [0.1, 0.15) is 18.1 Å². The van der Waals surface area contributed by atoms with Gasteiger partial charge >= 0.3 is 0 Å². The first kappa shape index (κ1) is 11.6. The van der Waals surface area contributed by atoms with E-state index in [1.165, 1.54) is 5.56 Å². The number of hydrogen-bond donors (Lipinski definition) is 2. The van der Waals surface area contributed by atoms with Crippen LogP contribution < -0.4 is 10.1 Å². The molecule has 0 bridgehead atoms. The topological polar surface area (TPSA) is 46.3 Å². The highest BCUT2D eigenvalue weighted by molar-refractivity contribution is 5.89. The van der Waals surface area contributed by atoms with Crippen LogP contribution in [0.4, 0.5) is 0 Å². The van der Waals surface area contributed by atoms with E-state index in [1.54, 1.807) is 7.11 Å². The molecule has 18 heavy (non-hydrogen) atoms. The molecule has 1 aliphatic heterocycles. The molecule has 4 nitrogen and oxygen atoms in total. The van der Waals surface area contributed by atoms with Crippen molar-refractivity contribution >= 4 is 10.9 Å². The fourth-order valence-electron chi connectivity index (χ4n) is 2.56. The second-order valence-electron chi connectivity index (χ2n) is 4.52. The standard InChI is InChI=1S/C14H18N2O2/c1-17-13-4-2-3-11-14(13)10(9-16-11)12-5-6-15-7-8-18-12/h2-4,9,12,15-16H,5-8H2,1H3. The van der Waals surface area contributed by atoms with Gasteiger partial charge in [0.2, 0.25) is 0 Å². The number of nitrogens with one attached hydrogen (secondary N) is 2. The number of ether oxygens (including phenoxy) is 2. The van der Waals surface area contributed by atoms with Crippen molar-refractivity contribution in [1.29, 1.82) is 0 Å². The predicted molar refractivity (Wildman–Crippen MR) is 71.0 cm³/mol. The van der Waals surface area contributed by atoms with Gasteiger partial charge in [0.25, 0.3) is 0 Å². The minimum Gasteiger partial charge on any atom is -0.496 e. The number of H-pyrrole nitrogens is 1. The Bertz CT molecular complexity index is 528. The minimum atomic E-state index is 0.144. The van der Waals surface area contributed by atoms with Gasteiger partial charge in [0.05, 0.1) is 19.8 Å². The molecule has 3 rings (SSSR count). The van der Waals surface area contributed by atoms with E-state index in [9.17, 15) is 0 Å². The molecule has 1 saturated heterocycles. The Balaban J connectivity index is 2.05. The Kier molecular flexibility index (Phi) is 3.21. The van der Waals surface area contributed by atoms with Crippen LogP contribution in [0.3, 0.4) is 0 Å². The SMILES string of the molecule is COc1cccc2[nH]cc(C3CCNCCO3)c12. The highest BCUT2D eigenvalue weighted by atomic mass is 16.5. The summed E-state index contributed by atoms with van der Waals surface area (Å²) in [5, 5.41) is 4.49. The molecule has 1 atom stereocenters. The lowest BCUT2D eigenvalue weighted by Crippen LogP contribution is -2.16. The zero-order valence-electron chi connectivity index (χ0n) is 10.5. The van der Waals surface area contributed by atoms with E-state index < -0.39 is 0 Å². The second-order valence-corrected chi connectivity index (χ2v) is 4.52. The van der Waals surface area contributed by atoms with Gasteiger partial charge in [-0.15, -0.1) is 0 Å². The molecule has 1 fully saturated rings. The predicted octanol–water partition coefficient (Wildman–Crippen LogP) is 2.23. The summed E-state index contributed by atoms with van der Waals surface area (Å²) in [7, 11) is 1.71. The summed E-state index contributed by atoms with van der Waals surface area (Å²) < 4.78 is 11.4. The quantitative estimate of drug-likeness (QED) is 0.854. The minimum absolute atomic E-state index is 0.144. The average molecular weight is 246 g/mol. The molecule has 1 aromatic heterocycles. The van der Waals surface area contributed by atoms with Crippen molar-refractivity contribution in [2.24, 2.45) is 0 Å². The molecule has 2 aromatic rings. The molecule has 1 aromatic carbocycles. The lowest BCUT2D eigenvalue weighted by atomic mass is 10.0. The van der Waals surface area contributed by atoms with Crippen LogP contribution in [0.2, 0.25) is 0 Å². The van der Waals surface area contributed by atoms with Crippen LogP contribution in [-0.4, -0.2) is 31.8 Å². The molecule has 2 heterocycles. The van der Waals surface area contributed by atoms with Crippen molar-refractivity contribution < 1.29 is 9.47 Å². The molecule has 96 valence electrons. The fraction of sp³-hybridized carbons (Fsp3) is 0.429. The van der Waals surface area contributed by atoms with E-state index in [0.717, 1.165) is 42.8 Å². The number of aromatic amines is 1. The zero-order chi connectivity index (χ0) is 12.4. The maximum atomic E-state index is 5.92. The Morgan fingerprint density at radius 2 is 2.28 bits per heavy atom. The van der Waals surface area contributed by atoms with Crippen LogP contribution in [0.25, 0.3) is 10.9 Å². The molecule has 0 saturated carbocycles. The average Bonchev–Trinajstić information content (AvgIpc) is 2.66. The van der Waals surface area contributed by atoms with Crippen LogP contribution in [-0.2, 0) is 4.74 Å². The zero-order valence-corrected chi connectivity index (χ0v) is 10.5. The third-order valence-corrected chi connectivity index (χ3v) is 3.45. The van der Waals surface area contributed by atoms with E-state index in [2.05, 4.69) is 16.4 Å². The maximum Gasteiger partial charge on any atom is 0.128 e. The second kappa shape index (κ2) is 5.00. The molecule has 4 heteroatoms. The summed E-state index contributed by atoms with van der Waals surface area (Å²) >= 11 is 0. The van der Waals surface area contributed by atoms with Crippen LogP contribution >= 0.6 is 0 Å². The van der Waals surface area contributed by atoms with Crippen molar-refractivity contribution in [2.45, 2.75) is 12.5 Å². The number of aromatic nitrogens is 1. The molecule has 0 radical (unpaired) electrons. The monoisotopic (exact) mass is 246 g/mol.